The molecule has 4 heterocycles. The van der Waals surface area contributed by atoms with Crippen LogP contribution in [-0.2, 0) is 17.4 Å². The smallest absolute Gasteiger partial charge is 0.369 e. The molecule has 2 N–H and O–H groups in total. The minimum absolute atomic E-state index is 0.104. The Hall–Kier alpha value is -3.08. The predicted molar refractivity (Wildman–Crippen MR) is 137 cm³/mol. The van der Waals surface area contributed by atoms with E-state index in [9.17, 15) is 18.0 Å². The van der Waals surface area contributed by atoms with E-state index in [2.05, 4.69) is 56.5 Å². The van der Waals surface area contributed by atoms with Crippen molar-refractivity contribution in [2.75, 3.05) is 55.3 Å². The number of likely N-dealkylation sites (tertiary alicyclic amines) is 2. The Morgan fingerprint density at radius 2 is 2.03 bits per heavy atom. The van der Waals surface area contributed by atoms with Gasteiger partial charge in [0, 0.05) is 68.8 Å². The molecule has 3 aliphatic rings. The Labute approximate surface area is 215 Å². The van der Waals surface area contributed by atoms with Gasteiger partial charge < -0.3 is 20.4 Å². The average molecular weight is 518 g/mol. The Kier molecular flexibility index (Phi) is 7.15. The van der Waals surface area contributed by atoms with Crippen molar-refractivity contribution in [1.82, 2.24) is 19.8 Å². The Morgan fingerprint density at radius 3 is 2.68 bits per heavy atom. The number of benzene rings is 1. The molecule has 1 aromatic carbocycles. The molecule has 2 aromatic rings. The lowest BCUT2D eigenvalue weighted by Gasteiger charge is -2.34. The number of carbonyl (C=O) groups is 1. The van der Waals surface area contributed by atoms with Crippen molar-refractivity contribution in [3.63, 3.8) is 0 Å². The van der Waals surface area contributed by atoms with E-state index in [1.54, 1.807) is 4.90 Å². The number of aromatic nitrogens is 2. The number of carbonyl (C=O) groups excluding carboxylic acids is 1. The number of anilines is 4. The Morgan fingerprint density at radius 1 is 1.19 bits per heavy atom. The number of piperazine rings is 1. The highest BCUT2D eigenvalue weighted by atomic mass is 19.4. The van der Waals surface area contributed by atoms with Crippen LogP contribution in [0.25, 0.3) is 0 Å². The molecule has 11 heteroatoms. The van der Waals surface area contributed by atoms with Crippen LogP contribution in [0.4, 0.5) is 36.3 Å². The van der Waals surface area contributed by atoms with Crippen LogP contribution in [0.15, 0.2) is 24.4 Å². The number of fused-ring (bicyclic) bond motifs is 2. The van der Waals surface area contributed by atoms with Crippen LogP contribution in [-0.4, -0.2) is 77.5 Å². The molecule has 1 amide bonds. The third kappa shape index (κ3) is 5.46. The number of rotatable bonds is 9. The van der Waals surface area contributed by atoms with Crippen LogP contribution in [0.5, 0.6) is 0 Å². The van der Waals surface area contributed by atoms with Crippen molar-refractivity contribution in [2.45, 2.75) is 57.3 Å². The van der Waals surface area contributed by atoms with E-state index < -0.39 is 11.7 Å². The highest BCUT2D eigenvalue weighted by Gasteiger charge is 2.41. The van der Waals surface area contributed by atoms with Gasteiger partial charge in [-0.15, -0.1) is 0 Å². The number of hydrogen-bond acceptors (Lipinski definition) is 7. The summed E-state index contributed by atoms with van der Waals surface area (Å²) in [7, 11) is 2.17. The fourth-order valence-electron chi connectivity index (χ4n) is 5.68. The lowest BCUT2D eigenvalue weighted by atomic mass is 10.1. The molecule has 2 bridgehead atoms. The zero-order valence-electron chi connectivity index (χ0n) is 21.3. The van der Waals surface area contributed by atoms with Crippen LogP contribution in [0.1, 0.15) is 43.7 Å². The molecule has 3 fully saturated rings. The molecule has 37 heavy (non-hydrogen) atoms. The molecular formula is C26H34F3N7O. The summed E-state index contributed by atoms with van der Waals surface area (Å²) in [4.78, 5) is 26.5. The van der Waals surface area contributed by atoms with Crippen LogP contribution < -0.4 is 15.5 Å². The summed E-state index contributed by atoms with van der Waals surface area (Å²) in [6, 6.07) is 7.30. The van der Waals surface area contributed by atoms with Gasteiger partial charge in [0.05, 0.1) is 0 Å². The quantitative estimate of drug-likeness (QED) is 0.485. The van der Waals surface area contributed by atoms with Crippen LogP contribution in [0.2, 0.25) is 0 Å². The lowest BCUT2D eigenvalue weighted by Crippen LogP contribution is -2.44. The van der Waals surface area contributed by atoms with Crippen molar-refractivity contribution >= 4 is 29.0 Å². The standard InChI is InChI=1S/C26H34F3N7O/c1-3-17-12-18(36-16-19-13-20(36)15-34(19)2)7-8-22(17)32-25-31-14-21(26(27,28)29)24(33-25)30-9-5-11-35-10-4-6-23(35)37/h7-8,12,14,19-20H,3-6,9-11,13,15-16H2,1-2H3,(H2,30,31,32,33). The number of amides is 1. The number of likely N-dealkylation sites (N-methyl/N-ethyl adjacent to an activating group) is 1. The first kappa shape index (κ1) is 25.6. The Balaban J connectivity index is 1.28. The van der Waals surface area contributed by atoms with Crippen LogP contribution in [0.3, 0.4) is 0 Å². The molecular weight excluding hydrogens is 483 g/mol. The zero-order chi connectivity index (χ0) is 26.2. The molecule has 0 radical (unpaired) electrons. The van der Waals surface area contributed by atoms with Crippen LogP contribution in [0, 0.1) is 0 Å². The number of hydrogen-bond donors (Lipinski definition) is 2. The molecule has 3 aliphatic heterocycles. The fourth-order valence-corrected chi connectivity index (χ4v) is 5.68. The minimum atomic E-state index is -4.58. The van der Waals surface area contributed by atoms with E-state index >= 15 is 0 Å². The first-order valence-electron chi connectivity index (χ1n) is 13.1. The second-order valence-electron chi connectivity index (χ2n) is 10.2. The van der Waals surface area contributed by atoms with E-state index in [0.717, 1.165) is 43.4 Å². The number of alkyl halides is 3. The van der Waals surface area contributed by atoms with Gasteiger partial charge in [-0.25, -0.2) is 4.98 Å². The zero-order valence-corrected chi connectivity index (χ0v) is 21.3. The van der Waals surface area contributed by atoms with Gasteiger partial charge in [-0.2, -0.15) is 18.2 Å². The van der Waals surface area contributed by atoms with Gasteiger partial charge in [0.2, 0.25) is 11.9 Å². The SMILES string of the molecule is CCc1cc(N2CC3CC2CN3C)ccc1Nc1ncc(C(F)(F)F)c(NCCCN2CCCC2=O)n1. The minimum Gasteiger partial charge on any atom is -0.369 e. The molecule has 3 saturated heterocycles. The summed E-state index contributed by atoms with van der Waals surface area (Å²) in [6.07, 6.45) is 0.0998. The van der Waals surface area contributed by atoms with E-state index in [4.69, 9.17) is 0 Å². The topological polar surface area (TPSA) is 76.6 Å². The van der Waals surface area contributed by atoms with E-state index in [0.29, 0.717) is 38.0 Å². The van der Waals surface area contributed by atoms with Crippen molar-refractivity contribution in [1.29, 1.82) is 0 Å². The highest BCUT2D eigenvalue weighted by molar-refractivity contribution is 5.78. The Bertz CT molecular complexity index is 1140. The van der Waals surface area contributed by atoms with Gasteiger partial charge in [-0.3, -0.25) is 9.69 Å². The maximum absolute atomic E-state index is 13.6. The lowest BCUT2D eigenvalue weighted by molar-refractivity contribution is -0.137. The highest BCUT2D eigenvalue weighted by Crippen LogP contribution is 2.37. The summed E-state index contributed by atoms with van der Waals surface area (Å²) < 4.78 is 40.8. The van der Waals surface area contributed by atoms with Gasteiger partial charge in [-0.05, 0) is 56.5 Å². The fraction of sp³-hybridized carbons (Fsp3) is 0.577. The van der Waals surface area contributed by atoms with Crippen molar-refractivity contribution in [3.8, 4) is 0 Å². The van der Waals surface area contributed by atoms with Crippen molar-refractivity contribution < 1.29 is 18.0 Å². The first-order valence-corrected chi connectivity index (χ1v) is 13.1. The third-order valence-corrected chi connectivity index (χ3v) is 7.73. The number of nitrogens with zero attached hydrogens (tertiary/aromatic N) is 5. The second kappa shape index (κ2) is 10.4. The molecule has 2 unspecified atom stereocenters. The molecule has 0 saturated carbocycles. The van der Waals surface area contributed by atoms with Gasteiger partial charge in [0.15, 0.2) is 0 Å². The second-order valence-corrected chi connectivity index (χ2v) is 10.2. The monoisotopic (exact) mass is 517 g/mol. The third-order valence-electron chi connectivity index (χ3n) is 7.73. The predicted octanol–water partition coefficient (Wildman–Crippen LogP) is 4.12. The number of halogens is 3. The summed E-state index contributed by atoms with van der Waals surface area (Å²) in [5.74, 6) is -0.0500. The summed E-state index contributed by atoms with van der Waals surface area (Å²) in [6.45, 7) is 5.63. The van der Waals surface area contributed by atoms with E-state index in [1.165, 1.54) is 12.1 Å². The van der Waals surface area contributed by atoms with Crippen LogP contribution >= 0.6 is 0 Å². The molecule has 200 valence electrons. The van der Waals surface area contributed by atoms with E-state index in [-0.39, 0.29) is 24.2 Å². The summed E-state index contributed by atoms with van der Waals surface area (Å²) >= 11 is 0. The molecule has 0 aliphatic carbocycles. The van der Waals surface area contributed by atoms with Gasteiger partial charge in [0.1, 0.15) is 11.4 Å². The normalized spacial score (nSPS) is 21.8. The first-order chi connectivity index (χ1) is 17.7. The average Bonchev–Trinajstić information content (AvgIpc) is 3.57. The number of nitrogens with one attached hydrogen (secondary N) is 2. The molecule has 5 rings (SSSR count). The van der Waals surface area contributed by atoms with Crippen molar-refractivity contribution in [2.24, 2.45) is 0 Å². The summed E-state index contributed by atoms with van der Waals surface area (Å²) in [5.41, 5.74) is 2.11. The number of aryl methyl sites for hydroxylation is 1. The molecule has 8 nitrogen and oxygen atoms in total. The van der Waals surface area contributed by atoms with Gasteiger partial charge in [-0.1, -0.05) is 6.92 Å². The molecule has 1 aromatic heterocycles. The maximum atomic E-state index is 13.6. The van der Waals surface area contributed by atoms with E-state index in [1.807, 2.05) is 6.07 Å². The van der Waals surface area contributed by atoms with Gasteiger partial charge >= 0.3 is 6.18 Å². The molecule has 0 spiro atoms. The van der Waals surface area contributed by atoms with Crippen molar-refractivity contribution in [3.05, 3.63) is 35.5 Å². The molecule has 2 atom stereocenters. The largest absolute Gasteiger partial charge is 0.421 e. The maximum Gasteiger partial charge on any atom is 0.421 e. The van der Waals surface area contributed by atoms with Gasteiger partial charge in [0.25, 0.3) is 0 Å². The summed E-state index contributed by atoms with van der Waals surface area (Å²) in [5, 5.41) is 5.95.